The van der Waals surface area contributed by atoms with Crippen LogP contribution in [-0.4, -0.2) is 41.8 Å². The first-order valence-electron chi connectivity index (χ1n) is 8.38. The highest BCUT2D eigenvalue weighted by Crippen LogP contribution is 2.40. The maximum atomic E-state index is 11.3. The number of hydrogen-bond acceptors (Lipinski definition) is 4. The van der Waals surface area contributed by atoms with Gasteiger partial charge >= 0.3 is 0 Å². The Kier molecular flexibility index (Phi) is 3.96. The van der Waals surface area contributed by atoms with Gasteiger partial charge in [-0.15, -0.1) is 10.2 Å². The van der Waals surface area contributed by atoms with Gasteiger partial charge in [0, 0.05) is 24.6 Å². The van der Waals surface area contributed by atoms with E-state index in [1.165, 1.54) is 5.57 Å². The summed E-state index contributed by atoms with van der Waals surface area (Å²) in [6, 6.07) is 10.1. The number of likely N-dealkylation sites (tertiary alicyclic amines) is 1. The molecule has 6 heteroatoms. The van der Waals surface area contributed by atoms with Gasteiger partial charge in [-0.1, -0.05) is 35.9 Å². The number of aromatic nitrogens is 2. The van der Waals surface area contributed by atoms with E-state index < -0.39 is 0 Å². The minimum Gasteiger partial charge on any atom is -0.420 e. The minimum atomic E-state index is -0.357. The van der Waals surface area contributed by atoms with Crippen molar-refractivity contribution < 1.29 is 9.21 Å². The summed E-state index contributed by atoms with van der Waals surface area (Å²) in [5.74, 6) is 1.41. The van der Waals surface area contributed by atoms with Crippen LogP contribution in [0.25, 0.3) is 5.57 Å². The highest BCUT2D eigenvalue weighted by molar-refractivity contribution is 6.56. The SMILES string of the molecule is [B]C(=O)N1CCC(=C(c2ccccc2)c2nnc(C3CC3)o2)CC1. The molecular weight excluding hydrogens is 301 g/mol. The number of piperidine rings is 1. The molecule has 2 radical (unpaired) electrons. The van der Waals surface area contributed by atoms with E-state index in [4.69, 9.17) is 12.3 Å². The van der Waals surface area contributed by atoms with Crippen LogP contribution in [0.4, 0.5) is 4.79 Å². The highest BCUT2D eigenvalue weighted by Gasteiger charge is 2.30. The van der Waals surface area contributed by atoms with Gasteiger partial charge in [-0.3, -0.25) is 4.79 Å². The quantitative estimate of drug-likeness (QED) is 0.816. The summed E-state index contributed by atoms with van der Waals surface area (Å²) in [4.78, 5) is 13.0. The monoisotopic (exact) mass is 319 g/mol. The van der Waals surface area contributed by atoms with E-state index in [-0.39, 0.29) is 5.81 Å². The van der Waals surface area contributed by atoms with Crippen LogP contribution in [-0.2, 0) is 0 Å². The van der Waals surface area contributed by atoms with E-state index in [0.717, 1.165) is 42.7 Å². The summed E-state index contributed by atoms with van der Waals surface area (Å²) in [5, 5.41) is 8.53. The van der Waals surface area contributed by atoms with E-state index in [1.807, 2.05) is 18.2 Å². The van der Waals surface area contributed by atoms with Crippen LogP contribution in [0.15, 0.2) is 40.3 Å². The number of nitrogens with zero attached hydrogens (tertiary/aromatic N) is 3. The van der Waals surface area contributed by atoms with Crippen molar-refractivity contribution in [2.75, 3.05) is 13.1 Å². The van der Waals surface area contributed by atoms with Gasteiger partial charge in [-0.2, -0.15) is 0 Å². The molecule has 1 aromatic heterocycles. The molecule has 1 saturated carbocycles. The van der Waals surface area contributed by atoms with Crippen LogP contribution >= 0.6 is 0 Å². The van der Waals surface area contributed by atoms with Crippen molar-refractivity contribution in [3.05, 3.63) is 53.2 Å². The Bertz CT molecular complexity index is 771. The van der Waals surface area contributed by atoms with Gasteiger partial charge in [-0.05, 0) is 31.2 Å². The van der Waals surface area contributed by atoms with E-state index in [1.54, 1.807) is 4.90 Å². The average molecular weight is 319 g/mol. The first-order chi connectivity index (χ1) is 11.7. The molecule has 120 valence electrons. The molecule has 2 heterocycles. The number of benzene rings is 1. The molecule has 0 atom stereocenters. The number of carbonyl (C=O) groups is 1. The number of amides is 1. The number of hydrogen-bond donors (Lipinski definition) is 0. The topological polar surface area (TPSA) is 59.2 Å². The van der Waals surface area contributed by atoms with Crippen LogP contribution < -0.4 is 0 Å². The Morgan fingerprint density at radius 3 is 2.46 bits per heavy atom. The summed E-state index contributed by atoms with van der Waals surface area (Å²) in [7, 11) is 5.38. The molecule has 0 spiro atoms. The molecule has 1 amide bonds. The fraction of sp³-hybridized carbons (Fsp3) is 0.389. The molecule has 4 rings (SSSR count). The second-order valence-corrected chi connectivity index (χ2v) is 6.39. The fourth-order valence-corrected chi connectivity index (χ4v) is 3.16. The van der Waals surface area contributed by atoms with E-state index in [9.17, 15) is 4.79 Å². The fourth-order valence-electron chi connectivity index (χ4n) is 3.16. The maximum absolute atomic E-state index is 11.3. The van der Waals surface area contributed by atoms with Crippen molar-refractivity contribution in [1.29, 1.82) is 0 Å². The summed E-state index contributed by atoms with van der Waals surface area (Å²) in [5.41, 5.74) is 3.33. The summed E-state index contributed by atoms with van der Waals surface area (Å²) < 4.78 is 5.97. The molecular formula is C18H18BN3O2. The number of rotatable bonds is 3. The van der Waals surface area contributed by atoms with Crippen LogP contribution in [0.2, 0.25) is 0 Å². The lowest BCUT2D eigenvalue weighted by Crippen LogP contribution is -2.35. The van der Waals surface area contributed by atoms with Crippen molar-refractivity contribution >= 4 is 19.2 Å². The van der Waals surface area contributed by atoms with E-state index in [0.29, 0.717) is 24.9 Å². The third kappa shape index (κ3) is 3.00. The molecule has 1 aliphatic heterocycles. The largest absolute Gasteiger partial charge is 0.420 e. The molecule has 0 unspecified atom stereocenters. The van der Waals surface area contributed by atoms with Gasteiger partial charge in [0.1, 0.15) is 0 Å². The van der Waals surface area contributed by atoms with Crippen molar-refractivity contribution in [3.63, 3.8) is 0 Å². The lowest BCUT2D eigenvalue weighted by Gasteiger charge is -2.29. The molecule has 24 heavy (non-hydrogen) atoms. The standard InChI is InChI=1S/C18H18BN3O2/c19-18(23)22-10-8-13(9-11-22)15(12-4-2-1-3-5-12)17-21-20-16(24-17)14-6-7-14/h1-5,14H,6-11H2. The van der Waals surface area contributed by atoms with Crippen LogP contribution in [0.1, 0.15) is 48.9 Å². The molecule has 1 aromatic carbocycles. The molecule has 1 saturated heterocycles. The predicted octanol–water partition coefficient (Wildman–Crippen LogP) is 3.13. The Labute approximate surface area is 142 Å². The molecule has 0 N–H and O–H groups in total. The van der Waals surface area contributed by atoms with Gasteiger partial charge in [0.15, 0.2) is 5.81 Å². The molecule has 5 nitrogen and oxygen atoms in total. The second-order valence-electron chi connectivity index (χ2n) is 6.39. The zero-order chi connectivity index (χ0) is 16.5. The summed E-state index contributed by atoms with van der Waals surface area (Å²) in [6.45, 7) is 1.26. The summed E-state index contributed by atoms with van der Waals surface area (Å²) in [6.07, 6.45) is 3.81. The first-order valence-corrected chi connectivity index (χ1v) is 8.38. The van der Waals surface area contributed by atoms with Crippen LogP contribution in [0.5, 0.6) is 0 Å². The Morgan fingerprint density at radius 1 is 1.12 bits per heavy atom. The first kappa shape index (κ1) is 15.2. The Morgan fingerprint density at radius 2 is 1.83 bits per heavy atom. The second kappa shape index (κ2) is 6.26. The Hall–Kier alpha value is -2.37. The van der Waals surface area contributed by atoms with Gasteiger partial charge in [0.25, 0.3) is 0 Å². The number of carbonyl (C=O) groups excluding carboxylic acids is 1. The van der Waals surface area contributed by atoms with Crippen LogP contribution in [0.3, 0.4) is 0 Å². The summed E-state index contributed by atoms with van der Waals surface area (Å²) >= 11 is 0. The minimum absolute atomic E-state index is 0.357. The Balaban J connectivity index is 1.70. The van der Waals surface area contributed by atoms with Crippen molar-refractivity contribution in [2.45, 2.75) is 31.6 Å². The average Bonchev–Trinajstić information content (AvgIpc) is 3.35. The smallest absolute Gasteiger partial charge is 0.248 e. The van der Waals surface area contributed by atoms with Crippen LogP contribution in [0, 0.1) is 0 Å². The van der Waals surface area contributed by atoms with Gasteiger partial charge in [-0.25, -0.2) is 0 Å². The van der Waals surface area contributed by atoms with Gasteiger partial charge in [0.05, 0.1) is 0 Å². The van der Waals surface area contributed by atoms with Crippen molar-refractivity contribution in [1.82, 2.24) is 15.1 Å². The lowest BCUT2D eigenvalue weighted by atomic mass is 9.92. The van der Waals surface area contributed by atoms with Crippen molar-refractivity contribution in [2.24, 2.45) is 0 Å². The zero-order valence-electron chi connectivity index (χ0n) is 13.4. The lowest BCUT2D eigenvalue weighted by molar-refractivity contribution is 0.217. The highest BCUT2D eigenvalue weighted by atomic mass is 16.4. The molecule has 2 aromatic rings. The molecule has 0 bridgehead atoms. The van der Waals surface area contributed by atoms with Crippen molar-refractivity contribution in [3.8, 4) is 0 Å². The third-order valence-electron chi connectivity index (χ3n) is 4.68. The molecule has 2 fully saturated rings. The van der Waals surface area contributed by atoms with E-state index >= 15 is 0 Å². The maximum Gasteiger partial charge on any atom is 0.248 e. The normalized spacial score (nSPS) is 17.8. The molecule has 2 aliphatic rings. The zero-order valence-corrected chi connectivity index (χ0v) is 13.4. The molecule has 1 aliphatic carbocycles. The predicted molar refractivity (Wildman–Crippen MR) is 90.7 cm³/mol. The van der Waals surface area contributed by atoms with Gasteiger partial charge < -0.3 is 9.32 Å². The van der Waals surface area contributed by atoms with E-state index in [2.05, 4.69) is 22.3 Å². The van der Waals surface area contributed by atoms with Gasteiger partial charge in [0.2, 0.25) is 19.6 Å². The third-order valence-corrected chi connectivity index (χ3v) is 4.68.